The third kappa shape index (κ3) is 8.27. The maximum atomic E-state index is 14.1. The van der Waals surface area contributed by atoms with Gasteiger partial charge in [0.1, 0.15) is 17.7 Å². The third-order valence-corrected chi connectivity index (χ3v) is 5.17. The smallest absolute Gasteiger partial charge is 0.246 e. The molecule has 0 saturated heterocycles. The summed E-state index contributed by atoms with van der Waals surface area (Å²) in [6.45, 7) is 6.35. The van der Waals surface area contributed by atoms with Gasteiger partial charge in [0.05, 0.1) is 17.6 Å². The van der Waals surface area contributed by atoms with Crippen LogP contribution < -0.4 is 10.6 Å². The minimum atomic E-state index is -0.630. The summed E-state index contributed by atoms with van der Waals surface area (Å²) in [4.78, 5) is 36.6. The molecular formula is C24H33FN6O2. The minimum absolute atomic E-state index is 0.241. The van der Waals surface area contributed by atoms with Crippen LogP contribution in [-0.4, -0.2) is 71.9 Å². The van der Waals surface area contributed by atoms with E-state index in [-0.39, 0.29) is 17.6 Å². The van der Waals surface area contributed by atoms with Gasteiger partial charge < -0.3 is 20.4 Å². The van der Waals surface area contributed by atoms with Gasteiger partial charge in [-0.2, -0.15) is 0 Å². The van der Waals surface area contributed by atoms with Crippen LogP contribution in [0.15, 0.2) is 36.5 Å². The number of nitrogens with zero attached hydrogens (tertiary/aromatic N) is 4. The number of hydrogen-bond acceptors (Lipinski definition) is 6. The quantitative estimate of drug-likeness (QED) is 0.534. The summed E-state index contributed by atoms with van der Waals surface area (Å²) in [6.07, 6.45) is 5.25. The molecule has 9 heteroatoms. The lowest BCUT2D eigenvalue weighted by Gasteiger charge is -2.23. The summed E-state index contributed by atoms with van der Waals surface area (Å²) in [5.74, 6) is -0.368. The van der Waals surface area contributed by atoms with Gasteiger partial charge in [-0.25, -0.2) is 9.37 Å². The Hall–Kier alpha value is -3.33. The van der Waals surface area contributed by atoms with Crippen LogP contribution in [0, 0.1) is 19.7 Å². The molecule has 0 radical (unpaired) electrons. The first-order chi connectivity index (χ1) is 15.6. The highest BCUT2D eigenvalue weighted by atomic mass is 19.1. The third-order valence-electron chi connectivity index (χ3n) is 5.17. The Morgan fingerprint density at radius 1 is 1.15 bits per heavy atom. The summed E-state index contributed by atoms with van der Waals surface area (Å²) in [7, 11) is 5.40. The van der Waals surface area contributed by atoms with E-state index in [1.807, 2.05) is 32.8 Å². The van der Waals surface area contributed by atoms with Gasteiger partial charge in [-0.1, -0.05) is 6.08 Å². The zero-order valence-corrected chi connectivity index (χ0v) is 20.1. The van der Waals surface area contributed by atoms with Crippen molar-refractivity contribution in [3.63, 3.8) is 0 Å². The molecule has 0 spiro atoms. The molecule has 0 saturated carbocycles. The second kappa shape index (κ2) is 12.1. The molecule has 1 aromatic heterocycles. The van der Waals surface area contributed by atoms with Crippen LogP contribution in [0.4, 0.5) is 15.9 Å². The van der Waals surface area contributed by atoms with Crippen molar-refractivity contribution in [3.05, 3.63) is 59.3 Å². The number of aromatic nitrogens is 2. The Bertz CT molecular complexity index is 1010. The van der Waals surface area contributed by atoms with Crippen molar-refractivity contribution >= 4 is 23.3 Å². The maximum absolute atomic E-state index is 14.1. The van der Waals surface area contributed by atoms with E-state index in [0.29, 0.717) is 31.0 Å². The Morgan fingerprint density at radius 2 is 1.88 bits per heavy atom. The predicted octanol–water partition coefficient (Wildman–Crippen LogP) is 2.60. The highest BCUT2D eigenvalue weighted by Gasteiger charge is 2.20. The Kier molecular flexibility index (Phi) is 9.47. The molecule has 0 aliphatic carbocycles. The zero-order valence-electron chi connectivity index (χ0n) is 20.1. The molecule has 0 aliphatic rings. The lowest BCUT2D eigenvalue weighted by molar-refractivity contribution is -0.135. The number of anilines is 2. The van der Waals surface area contributed by atoms with Crippen molar-refractivity contribution in [2.75, 3.05) is 39.5 Å². The van der Waals surface area contributed by atoms with Gasteiger partial charge >= 0.3 is 0 Å². The molecule has 2 rings (SSSR count). The van der Waals surface area contributed by atoms with Crippen LogP contribution in [0.2, 0.25) is 0 Å². The molecule has 2 amide bonds. The first kappa shape index (κ1) is 25.9. The van der Waals surface area contributed by atoms with Crippen LogP contribution in [-0.2, 0) is 16.0 Å². The maximum Gasteiger partial charge on any atom is 0.246 e. The van der Waals surface area contributed by atoms with E-state index in [2.05, 4.69) is 20.6 Å². The van der Waals surface area contributed by atoms with E-state index in [0.717, 1.165) is 17.0 Å². The summed E-state index contributed by atoms with van der Waals surface area (Å²) in [5.41, 5.74) is 2.91. The molecule has 0 aliphatic heterocycles. The number of halogens is 1. The fourth-order valence-corrected chi connectivity index (χ4v) is 2.94. The molecule has 2 aromatic rings. The van der Waals surface area contributed by atoms with E-state index in [1.165, 1.54) is 23.1 Å². The predicted molar refractivity (Wildman–Crippen MR) is 128 cm³/mol. The Labute approximate surface area is 194 Å². The average molecular weight is 457 g/mol. The van der Waals surface area contributed by atoms with E-state index in [4.69, 9.17) is 0 Å². The van der Waals surface area contributed by atoms with Crippen LogP contribution in [0.3, 0.4) is 0 Å². The number of nitrogens with one attached hydrogen (secondary N) is 2. The minimum Gasteiger partial charge on any atom is -0.354 e. The fraction of sp³-hybridized carbons (Fsp3) is 0.417. The number of rotatable bonds is 10. The SMILES string of the molecule is Cc1ncc(Nc2cc(F)cc(CCNC(=O)[C@H](C)N(C)C(=O)/C=C/CN(C)C)c2)nc1C. The molecule has 33 heavy (non-hydrogen) atoms. The van der Waals surface area contributed by atoms with Crippen LogP contribution >= 0.6 is 0 Å². The fourth-order valence-electron chi connectivity index (χ4n) is 2.94. The molecular weight excluding hydrogens is 423 g/mol. The van der Waals surface area contributed by atoms with E-state index in [9.17, 15) is 14.0 Å². The van der Waals surface area contributed by atoms with Crippen LogP contribution in [0.1, 0.15) is 23.9 Å². The average Bonchev–Trinajstić information content (AvgIpc) is 2.74. The van der Waals surface area contributed by atoms with Gasteiger partial charge in [-0.3, -0.25) is 14.6 Å². The molecule has 1 aromatic carbocycles. The lowest BCUT2D eigenvalue weighted by atomic mass is 10.1. The van der Waals surface area contributed by atoms with Crippen molar-refractivity contribution in [1.82, 2.24) is 25.1 Å². The number of amides is 2. The van der Waals surface area contributed by atoms with Crippen molar-refractivity contribution < 1.29 is 14.0 Å². The molecule has 1 heterocycles. The van der Waals surface area contributed by atoms with Gasteiger partial charge in [-0.05, 0) is 65.0 Å². The lowest BCUT2D eigenvalue weighted by Crippen LogP contribution is -2.45. The first-order valence-electron chi connectivity index (χ1n) is 10.8. The number of carbonyl (C=O) groups excluding carboxylic acids is 2. The second-order valence-electron chi connectivity index (χ2n) is 8.23. The molecule has 0 unspecified atom stereocenters. The zero-order chi connectivity index (χ0) is 24.5. The van der Waals surface area contributed by atoms with Gasteiger partial charge in [0, 0.05) is 31.9 Å². The first-order valence-corrected chi connectivity index (χ1v) is 10.8. The number of hydrogen-bond donors (Lipinski definition) is 2. The summed E-state index contributed by atoms with van der Waals surface area (Å²) >= 11 is 0. The number of carbonyl (C=O) groups is 2. The number of benzene rings is 1. The van der Waals surface area contributed by atoms with Crippen molar-refractivity contribution in [1.29, 1.82) is 0 Å². The molecule has 0 fully saturated rings. The van der Waals surface area contributed by atoms with Crippen LogP contribution in [0.5, 0.6) is 0 Å². The van der Waals surface area contributed by atoms with Gasteiger partial charge in [0.15, 0.2) is 0 Å². The normalized spacial score (nSPS) is 12.1. The molecule has 2 N–H and O–H groups in total. The molecule has 178 valence electrons. The van der Waals surface area contributed by atoms with Gasteiger partial charge in [-0.15, -0.1) is 0 Å². The molecule has 8 nitrogen and oxygen atoms in total. The monoisotopic (exact) mass is 456 g/mol. The highest BCUT2D eigenvalue weighted by molar-refractivity contribution is 5.92. The molecule has 0 bridgehead atoms. The summed E-state index contributed by atoms with van der Waals surface area (Å²) < 4.78 is 14.1. The van der Waals surface area contributed by atoms with E-state index >= 15 is 0 Å². The van der Waals surface area contributed by atoms with Crippen LogP contribution in [0.25, 0.3) is 0 Å². The van der Waals surface area contributed by atoms with E-state index < -0.39 is 6.04 Å². The number of likely N-dealkylation sites (N-methyl/N-ethyl adjacent to an activating group) is 2. The standard InChI is InChI=1S/C24H33FN6O2/c1-16-17(2)28-22(15-27-16)29-21-13-19(12-20(25)14-21)9-10-26-24(33)18(3)31(6)23(32)8-7-11-30(4)5/h7-8,12-15,18H,9-11H2,1-6H3,(H,26,33)(H,28,29)/b8-7+/t18-/m0/s1. The van der Waals surface area contributed by atoms with Gasteiger partial charge in [0.2, 0.25) is 11.8 Å². The summed E-state index contributed by atoms with van der Waals surface area (Å²) in [6, 6.07) is 3.99. The second-order valence-corrected chi connectivity index (χ2v) is 8.23. The van der Waals surface area contributed by atoms with Crippen molar-refractivity contribution in [2.45, 2.75) is 33.2 Å². The van der Waals surface area contributed by atoms with E-state index in [1.54, 1.807) is 32.3 Å². The Balaban J connectivity index is 1.91. The number of aryl methyl sites for hydroxylation is 2. The van der Waals surface area contributed by atoms with Crippen molar-refractivity contribution in [3.8, 4) is 0 Å². The molecule has 1 atom stereocenters. The van der Waals surface area contributed by atoms with Crippen molar-refractivity contribution in [2.24, 2.45) is 0 Å². The van der Waals surface area contributed by atoms with Gasteiger partial charge in [0.25, 0.3) is 0 Å². The highest BCUT2D eigenvalue weighted by Crippen LogP contribution is 2.19. The largest absolute Gasteiger partial charge is 0.354 e. The topological polar surface area (TPSA) is 90.5 Å². The Morgan fingerprint density at radius 3 is 2.55 bits per heavy atom. The summed E-state index contributed by atoms with van der Waals surface area (Å²) in [5, 5.41) is 5.88.